The number of benzene rings is 2. The van der Waals surface area contributed by atoms with Crippen LogP contribution < -0.4 is 8.79 Å². The summed E-state index contributed by atoms with van der Waals surface area (Å²) in [6.45, 7) is 21.0. The van der Waals surface area contributed by atoms with Gasteiger partial charge in [-0.15, -0.1) is 0 Å². The van der Waals surface area contributed by atoms with Crippen LogP contribution in [0.15, 0.2) is 60.7 Å². The Morgan fingerprint density at radius 1 is 0.586 bits per heavy atom. The third kappa shape index (κ3) is 9.37. The first-order chi connectivity index (χ1) is 13.4. The SMILES string of the molecule is CC1C(C)C(C)C(C)C1C.[C-]#[O+].[C-]#[O+].[Cl][Ge]([c]1ccccc1)[c]1ccccc1.[Ru+]. The van der Waals surface area contributed by atoms with Gasteiger partial charge in [0.05, 0.1) is 0 Å². The fourth-order valence-electron chi connectivity index (χ4n) is 3.73. The maximum absolute atomic E-state index is 7.50. The molecule has 3 rings (SSSR count). The Bertz CT molecular complexity index is 603. The zero-order valence-corrected chi connectivity index (χ0v) is 22.3. The van der Waals surface area contributed by atoms with Crippen LogP contribution in [0.3, 0.4) is 0 Å². The molecule has 156 valence electrons. The summed E-state index contributed by atoms with van der Waals surface area (Å²) in [4.78, 5) is 0. The van der Waals surface area contributed by atoms with Crippen LogP contribution in [0.1, 0.15) is 34.6 Å². The third-order valence-corrected chi connectivity index (χ3v) is 12.0. The minimum absolute atomic E-state index is 0. The van der Waals surface area contributed by atoms with Gasteiger partial charge in [-0.25, -0.2) is 0 Å². The molecule has 2 nitrogen and oxygen atoms in total. The Hall–Kier alpha value is -0.624. The smallest absolute Gasteiger partial charge is 1.00 e. The molecule has 0 heterocycles. The van der Waals surface area contributed by atoms with E-state index in [-0.39, 0.29) is 19.5 Å². The second kappa shape index (κ2) is 17.1. The summed E-state index contributed by atoms with van der Waals surface area (Å²) in [5.41, 5.74) is 0. The van der Waals surface area contributed by atoms with E-state index in [4.69, 9.17) is 19.3 Å². The van der Waals surface area contributed by atoms with E-state index in [1.54, 1.807) is 0 Å². The van der Waals surface area contributed by atoms with Gasteiger partial charge >= 0.3 is 135 Å². The van der Waals surface area contributed by atoms with E-state index in [1.165, 1.54) is 8.79 Å². The first-order valence-corrected chi connectivity index (χ1v) is 14.3. The van der Waals surface area contributed by atoms with E-state index in [1.807, 2.05) is 36.4 Å². The van der Waals surface area contributed by atoms with Crippen molar-refractivity contribution in [2.24, 2.45) is 29.6 Å². The van der Waals surface area contributed by atoms with Crippen LogP contribution in [0.2, 0.25) is 0 Å². The van der Waals surface area contributed by atoms with Crippen LogP contribution in [0, 0.1) is 42.9 Å². The van der Waals surface area contributed by atoms with Gasteiger partial charge in [-0.3, -0.25) is 0 Å². The average molecular weight is 560 g/mol. The summed E-state index contributed by atoms with van der Waals surface area (Å²) in [7, 11) is 6.50. The van der Waals surface area contributed by atoms with E-state index >= 15 is 0 Å². The third-order valence-electron chi connectivity index (χ3n) is 6.20. The van der Waals surface area contributed by atoms with Gasteiger partial charge in [-0.2, -0.15) is 0 Å². The van der Waals surface area contributed by atoms with Crippen molar-refractivity contribution >= 4 is 32.2 Å². The van der Waals surface area contributed by atoms with Crippen molar-refractivity contribution in [3.63, 3.8) is 0 Å². The van der Waals surface area contributed by atoms with Crippen LogP contribution in [0.5, 0.6) is 0 Å². The van der Waals surface area contributed by atoms with E-state index < -0.39 is 13.4 Å². The van der Waals surface area contributed by atoms with E-state index in [2.05, 4.69) is 72.2 Å². The number of hydrogen-bond donors (Lipinski definition) is 0. The Balaban J connectivity index is 0. The molecule has 0 unspecified atom stereocenters. The molecule has 2 aromatic rings. The molecule has 0 amide bonds. The van der Waals surface area contributed by atoms with Crippen molar-refractivity contribution in [3.8, 4) is 0 Å². The topological polar surface area (TPSA) is 39.8 Å². The molecule has 1 fully saturated rings. The van der Waals surface area contributed by atoms with E-state index in [9.17, 15) is 0 Å². The summed E-state index contributed by atoms with van der Waals surface area (Å²) in [6.07, 6.45) is 0. The summed E-state index contributed by atoms with van der Waals surface area (Å²) in [5.74, 6) is 4.68. The molecule has 0 bridgehead atoms. The molecule has 2 radical (unpaired) electrons. The summed E-state index contributed by atoms with van der Waals surface area (Å²) in [6, 6.07) is 20.7. The van der Waals surface area contributed by atoms with Crippen molar-refractivity contribution < 1.29 is 28.8 Å². The van der Waals surface area contributed by atoms with Gasteiger partial charge in [0.2, 0.25) is 0 Å². The maximum Gasteiger partial charge on any atom is 1.00 e. The molecule has 0 saturated heterocycles. The summed E-state index contributed by atoms with van der Waals surface area (Å²) >= 11 is -1.73. The molecule has 2 aromatic carbocycles. The zero-order valence-electron chi connectivity index (χ0n) is 17.7. The van der Waals surface area contributed by atoms with Gasteiger partial charge in [0, 0.05) is 0 Å². The van der Waals surface area contributed by atoms with Gasteiger partial charge in [0.25, 0.3) is 0 Å². The molecule has 0 aliphatic heterocycles. The van der Waals surface area contributed by atoms with Crippen LogP contribution in [-0.2, 0) is 28.8 Å². The number of rotatable bonds is 2. The molecule has 0 spiro atoms. The minimum Gasteiger partial charge on any atom is 1.00 e. The minimum atomic E-state index is -1.73. The molecule has 1 saturated carbocycles. The standard InChI is InChI=1S/C12H10ClGe.C10H20.2CO.Ru/c13-14(11-7-3-1-4-8-11)12-9-5-2-6-10-12;1-6-7(2)9(4)10(5)8(6)3;2*1-2;/h1-10H;6-10H,1-5H3;;;/q;;;;+1. The molecular formula is C24H30ClGeO2Ru+. The van der Waals surface area contributed by atoms with Crippen LogP contribution in [0.4, 0.5) is 0 Å². The van der Waals surface area contributed by atoms with Gasteiger partial charge in [0.15, 0.2) is 0 Å². The fourth-order valence-corrected chi connectivity index (χ4v) is 7.77. The Morgan fingerprint density at radius 2 is 0.793 bits per heavy atom. The summed E-state index contributed by atoms with van der Waals surface area (Å²) in [5, 5.41) is 0. The molecule has 29 heavy (non-hydrogen) atoms. The largest absolute Gasteiger partial charge is 1.00 e. The van der Waals surface area contributed by atoms with Crippen LogP contribution in [-0.4, -0.2) is 13.4 Å². The van der Waals surface area contributed by atoms with Crippen molar-refractivity contribution in [2.75, 3.05) is 0 Å². The molecule has 0 aromatic heterocycles. The zero-order chi connectivity index (χ0) is 21.7. The van der Waals surface area contributed by atoms with Gasteiger partial charge < -0.3 is 0 Å². The van der Waals surface area contributed by atoms with Gasteiger partial charge in [0.1, 0.15) is 0 Å². The predicted octanol–water partition coefficient (Wildman–Crippen LogP) is 5.13. The molecule has 1 aliphatic rings. The molecular weight excluding hydrogens is 529 g/mol. The first kappa shape index (κ1) is 30.6. The van der Waals surface area contributed by atoms with Gasteiger partial charge in [-0.05, 0) is 29.6 Å². The number of halogens is 1. The summed E-state index contributed by atoms with van der Waals surface area (Å²) < 4.78 is 17.6. The Labute approximate surface area is 198 Å². The second-order valence-electron chi connectivity index (χ2n) is 7.34. The van der Waals surface area contributed by atoms with Crippen molar-refractivity contribution in [2.45, 2.75) is 34.6 Å². The average Bonchev–Trinajstić information content (AvgIpc) is 2.95. The van der Waals surface area contributed by atoms with Crippen molar-refractivity contribution in [3.05, 3.63) is 74.0 Å². The number of hydrogen-bond acceptors (Lipinski definition) is 0. The second-order valence-corrected chi connectivity index (χ2v) is 13.0. The quantitative estimate of drug-likeness (QED) is 0.278. The fraction of sp³-hybridized carbons (Fsp3) is 0.417. The van der Waals surface area contributed by atoms with E-state index in [0.29, 0.717) is 0 Å². The van der Waals surface area contributed by atoms with Crippen molar-refractivity contribution in [1.82, 2.24) is 0 Å². The Morgan fingerprint density at radius 3 is 1.00 bits per heavy atom. The van der Waals surface area contributed by atoms with E-state index in [0.717, 1.165) is 29.6 Å². The van der Waals surface area contributed by atoms with Crippen LogP contribution >= 0.6 is 10.0 Å². The van der Waals surface area contributed by atoms with Crippen molar-refractivity contribution in [1.29, 1.82) is 0 Å². The normalized spacial score (nSPS) is 24.3. The first-order valence-electron chi connectivity index (χ1n) is 9.47. The molecule has 5 heteroatoms. The van der Waals surface area contributed by atoms with Crippen LogP contribution in [0.25, 0.3) is 0 Å². The molecule has 0 N–H and O–H groups in total. The van der Waals surface area contributed by atoms with Gasteiger partial charge in [-0.1, -0.05) is 34.6 Å². The molecule has 1 aliphatic carbocycles. The monoisotopic (exact) mass is 561 g/mol. The Kier molecular flexibility index (Phi) is 18.0. The predicted molar refractivity (Wildman–Crippen MR) is 117 cm³/mol. The maximum atomic E-state index is 7.50. The molecule has 0 atom stereocenters.